The van der Waals surface area contributed by atoms with Crippen molar-refractivity contribution < 1.29 is 18.7 Å². The van der Waals surface area contributed by atoms with Gasteiger partial charge in [0.2, 0.25) is 11.7 Å². The third-order valence-corrected chi connectivity index (χ3v) is 3.73. The summed E-state index contributed by atoms with van der Waals surface area (Å²) in [6, 6.07) is 10.4. The van der Waals surface area contributed by atoms with E-state index in [1.165, 1.54) is 11.9 Å². The van der Waals surface area contributed by atoms with Crippen LogP contribution in [-0.4, -0.2) is 36.1 Å². The maximum absolute atomic E-state index is 12.8. The second-order valence-corrected chi connectivity index (χ2v) is 5.22. The average Bonchev–Trinajstić information content (AvgIpc) is 3.23. The first kappa shape index (κ1) is 15.0. The van der Waals surface area contributed by atoms with E-state index in [-0.39, 0.29) is 17.6 Å². The molecule has 0 saturated carbocycles. The molecule has 0 unspecified atom stereocenters. The van der Waals surface area contributed by atoms with E-state index >= 15 is 0 Å². The number of furan rings is 1. The number of ether oxygens (including phenoxy) is 1. The zero-order valence-electron chi connectivity index (χ0n) is 12.9. The Kier molecular flexibility index (Phi) is 3.97. The maximum Gasteiger partial charge on any atom is 0.239 e. The van der Waals surface area contributed by atoms with Gasteiger partial charge < -0.3 is 9.15 Å². The molecule has 1 aliphatic rings. The average molecular weight is 312 g/mol. The molecule has 2 heterocycles. The van der Waals surface area contributed by atoms with Crippen molar-refractivity contribution in [3.63, 3.8) is 0 Å². The third-order valence-electron chi connectivity index (χ3n) is 3.73. The SMILES string of the molecule is COc1cccc(C(=O)C2=NN(C(C)=O)C[C@H]2c2ccco2)c1. The number of benzene rings is 1. The molecule has 0 saturated heterocycles. The van der Waals surface area contributed by atoms with E-state index in [1.807, 2.05) is 0 Å². The third kappa shape index (κ3) is 2.88. The van der Waals surface area contributed by atoms with Gasteiger partial charge in [0.25, 0.3) is 0 Å². The smallest absolute Gasteiger partial charge is 0.239 e. The number of carbonyl (C=O) groups is 2. The fourth-order valence-corrected chi connectivity index (χ4v) is 2.53. The topological polar surface area (TPSA) is 72.1 Å². The van der Waals surface area contributed by atoms with Crippen molar-refractivity contribution in [3.8, 4) is 5.75 Å². The molecule has 0 fully saturated rings. The Morgan fingerprint density at radius 1 is 1.30 bits per heavy atom. The highest BCUT2D eigenvalue weighted by atomic mass is 16.5. The molecular weight excluding hydrogens is 296 g/mol. The number of Topliss-reactive ketones (excluding diaryl/α,β-unsaturated/α-hetero) is 1. The van der Waals surface area contributed by atoms with Gasteiger partial charge in [0.15, 0.2) is 0 Å². The highest BCUT2D eigenvalue weighted by Crippen LogP contribution is 2.28. The minimum absolute atomic E-state index is 0.213. The van der Waals surface area contributed by atoms with Crippen LogP contribution < -0.4 is 4.74 Å². The monoisotopic (exact) mass is 312 g/mol. The molecule has 3 rings (SSSR count). The lowest BCUT2D eigenvalue weighted by atomic mass is 9.94. The van der Waals surface area contributed by atoms with Gasteiger partial charge in [-0.25, -0.2) is 5.01 Å². The molecule has 6 nitrogen and oxygen atoms in total. The van der Waals surface area contributed by atoms with Gasteiger partial charge in [-0.15, -0.1) is 0 Å². The van der Waals surface area contributed by atoms with Gasteiger partial charge in [-0.1, -0.05) is 12.1 Å². The molecule has 118 valence electrons. The van der Waals surface area contributed by atoms with Crippen molar-refractivity contribution in [2.75, 3.05) is 13.7 Å². The van der Waals surface area contributed by atoms with Crippen LogP contribution >= 0.6 is 0 Å². The van der Waals surface area contributed by atoms with Gasteiger partial charge in [-0.3, -0.25) is 9.59 Å². The predicted molar refractivity (Wildman–Crippen MR) is 83.6 cm³/mol. The summed E-state index contributed by atoms with van der Waals surface area (Å²) in [5, 5.41) is 5.50. The lowest BCUT2D eigenvalue weighted by Crippen LogP contribution is -2.24. The zero-order chi connectivity index (χ0) is 16.4. The van der Waals surface area contributed by atoms with Gasteiger partial charge >= 0.3 is 0 Å². The number of rotatable bonds is 4. The highest BCUT2D eigenvalue weighted by molar-refractivity contribution is 6.48. The summed E-state index contributed by atoms with van der Waals surface area (Å²) in [5.74, 6) is 0.382. The van der Waals surface area contributed by atoms with E-state index in [9.17, 15) is 9.59 Å². The Labute approximate surface area is 133 Å². The number of carbonyl (C=O) groups excluding carboxylic acids is 2. The molecule has 6 heteroatoms. The predicted octanol–water partition coefficient (Wildman–Crippen LogP) is 2.47. The fraction of sp³-hybridized carbons (Fsp3) is 0.235. The van der Waals surface area contributed by atoms with E-state index < -0.39 is 0 Å². The maximum atomic E-state index is 12.8. The lowest BCUT2D eigenvalue weighted by Gasteiger charge is -2.11. The number of ketones is 1. The lowest BCUT2D eigenvalue weighted by molar-refractivity contribution is -0.128. The van der Waals surface area contributed by atoms with Crippen molar-refractivity contribution in [2.45, 2.75) is 12.8 Å². The minimum atomic E-state index is -0.368. The summed E-state index contributed by atoms with van der Waals surface area (Å²) < 4.78 is 10.6. The number of amides is 1. The first-order valence-electron chi connectivity index (χ1n) is 7.19. The summed E-state index contributed by atoms with van der Waals surface area (Å²) in [7, 11) is 1.54. The Bertz CT molecular complexity index is 765. The van der Waals surface area contributed by atoms with E-state index in [0.717, 1.165) is 0 Å². The van der Waals surface area contributed by atoms with Crippen molar-refractivity contribution >= 4 is 17.4 Å². The largest absolute Gasteiger partial charge is 0.497 e. The summed E-state index contributed by atoms with van der Waals surface area (Å²) in [6.07, 6.45) is 1.54. The Morgan fingerprint density at radius 3 is 2.78 bits per heavy atom. The first-order valence-corrected chi connectivity index (χ1v) is 7.19. The number of methoxy groups -OCH3 is 1. The van der Waals surface area contributed by atoms with Crippen LogP contribution in [0.4, 0.5) is 0 Å². The molecule has 1 amide bonds. The van der Waals surface area contributed by atoms with Crippen LogP contribution in [-0.2, 0) is 4.79 Å². The molecule has 1 atom stereocenters. The molecule has 0 radical (unpaired) electrons. The second kappa shape index (κ2) is 6.08. The molecular formula is C17H16N2O4. The van der Waals surface area contributed by atoms with Crippen LogP contribution in [0.15, 0.2) is 52.2 Å². The molecule has 1 aliphatic heterocycles. The molecule has 2 aromatic rings. The summed E-state index contributed by atoms with van der Waals surface area (Å²) in [4.78, 5) is 24.4. The van der Waals surface area contributed by atoms with E-state index in [2.05, 4.69) is 5.10 Å². The number of nitrogens with zero attached hydrogens (tertiary/aromatic N) is 2. The van der Waals surface area contributed by atoms with Gasteiger partial charge in [0.1, 0.15) is 17.2 Å². The first-order chi connectivity index (χ1) is 11.1. The van der Waals surface area contributed by atoms with Gasteiger partial charge in [-0.2, -0.15) is 5.10 Å². The standard InChI is InChI=1S/C17H16N2O4/c1-11(20)19-10-14(15-7-4-8-23-15)16(18-19)17(21)12-5-3-6-13(9-12)22-2/h3-9,14H,10H2,1-2H3/t14-/m0/s1. The van der Waals surface area contributed by atoms with Crippen LogP contribution in [0.1, 0.15) is 29.0 Å². The van der Waals surface area contributed by atoms with Crippen LogP contribution in [0.3, 0.4) is 0 Å². The van der Waals surface area contributed by atoms with Crippen LogP contribution in [0.2, 0.25) is 0 Å². The number of hydrazone groups is 1. The number of hydrogen-bond donors (Lipinski definition) is 0. The second-order valence-electron chi connectivity index (χ2n) is 5.22. The van der Waals surface area contributed by atoms with Gasteiger partial charge in [0.05, 0.1) is 25.8 Å². The van der Waals surface area contributed by atoms with Gasteiger partial charge in [0, 0.05) is 12.5 Å². The van der Waals surface area contributed by atoms with Crippen molar-refractivity contribution in [2.24, 2.45) is 5.10 Å². The van der Waals surface area contributed by atoms with E-state index in [4.69, 9.17) is 9.15 Å². The molecule has 23 heavy (non-hydrogen) atoms. The molecule has 0 N–H and O–H groups in total. The summed E-state index contributed by atoms with van der Waals surface area (Å²) in [6.45, 7) is 1.72. The summed E-state index contributed by atoms with van der Waals surface area (Å²) in [5.41, 5.74) is 0.758. The van der Waals surface area contributed by atoms with Crippen LogP contribution in [0.5, 0.6) is 5.75 Å². The quantitative estimate of drug-likeness (QED) is 0.813. The minimum Gasteiger partial charge on any atom is -0.497 e. The molecule has 0 spiro atoms. The highest BCUT2D eigenvalue weighted by Gasteiger charge is 2.36. The molecule has 0 aliphatic carbocycles. The van der Waals surface area contributed by atoms with Crippen LogP contribution in [0, 0.1) is 0 Å². The fourth-order valence-electron chi connectivity index (χ4n) is 2.53. The molecule has 1 aromatic carbocycles. The Balaban J connectivity index is 1.97. The van der Waals surface area contributed by atoms with Gasteiger partial charge in [-0.05, 0) is 24.3 Å². The molecule has 0 bridgehead atoms. The van der Waals surface area contributed by atoms with E-state index in [0.29, 0.717) is 29.3 Å². The normalized spacial score (nSPS) is 17.0. The Morgan fingerprint density at radius 2 is 2.13 bits per heavy atom. The van der Waals surface area contributed by atoms with Crippen molar-refractivity contribution in [1.29, 1.82) is 0 Å². The zero-order valence-corrected chi connectivity index (χ0v) is 12.9. The van der Waals surface area contributed by atoms with Crippen molar-refractivity contribution in [1.82, 2.24) is 5.01 Å². The van der Waals surface area contributed by atoms with Crippen molar-refractivity contribution in [3.05, 3.63) is 54.0 Å². The van der Waals surface area contributed by atoms with E-state index in [1.54, 1.807) is 49.8 Å². The Hall–Kier alpha value is -2.89. The number of hydrogen-bond acceptors (Lipinski definition) is 5. The van der Waals surface area contributed by atoms with Crippen LogP contribution in [0.25, 0.3) is 0 Å². The summed E-state index contributed by atoms with van der Waals surface area (Å²) >= 11 is 0. The molecule has 1 aromatic heterocycles.